The van der Waals surface area contributed by atoms with Gasteiger partial charge < -0.3 is 15.4 Å². The lowest BCUT2D eigenvalue weighted by molar-refractivity contribution is -0.119. The number of hydrogen-bond acceptors (Lipinski definition) is 6. The number of anilines is 1. The van der Waals surface area contributed by atoms with Crippen molar-refractivity contribution in [1.29, 1.82) is 0 Å². The van der Waals surface area contributed by atoms with Crippen molar-refractivity contribution in [2.45, 2.75) is 55.5 Å². The summed E-state index contributed by atoms with van der Waals surface area (Å²) in [5, 5.41) is 5.79. The van der Waals surface area contributed by atoms with E-state index in [1.165, 1.54) is 19.3 Å². The van der Waals surface area contributed by atoms with Gasteiger partial charge in [0, 0.05) is 48.7 Å². The van der Waals surface area contributed by atoms with Crippen LogP contribution >= 0.6 is 11.8 Å². The molecule has 2 amide bonds. The van der Waals surface area contributed by atoms with E-state index in [1.807, 2.05) is 12.1 Å². The van der Waals surface area contributed by atoms with Crippen molar-refractivity contribution in [3.63, 3.8) is 0 Å². The number of fused-ring (bicyclic) bond motifs is 1. The van der Waals surface area contributed by atoms with E-state index in [4.69, 9.17) is 4.74 Å². The second-order valence-corrected chi connectivity index (χ2v) is 9.56. The van der Waals surface area contributed by atoms with Crippen LogP contribution in [0.15, 0.2) is 23.1 Å². The zero-order valence-electron chi connectivity index (χ0n) is 17.9. The van der Waals surface area contributed by atoms with Crippen LogP contribution in [0.4, 0.5) is 5.69 Å². The molecule has 8 heteroatoms. The number of amides is 2. The Morgan fingerprint density at radius 2 is 1.97 bits per heavy atom. The molecule has 0 saturated carbocycles. The first-order chi connectivity index (χ1) is 14.5. The number of benzene rings is 1. The number of carbonyl (C=O) groups excluding carboxylic acids is 2. The average Bonchev–Trinajstić information content (AvgIpc) is 2.75. The van der Waals surface area contributed by atoms with Gasteiger partial charge in [0.05, 0.1) is 18.9 Å². The van der Waals surface area contributed by atoms with Crippen molar-refractivity contribution < 1.29 is 14.3 Å². The van der Waals surface area contributed by atoms with Crippen molar-refractivity contribution in [3.05, 3.63) is 23.8 Å². The molecule has 30 heavy (non-hydrogen) atoms. The van der Waals surface area contributed by atoms with Gasteiger partial charge >= 0.3 is 0 Å². The molecule has 164 valence electrons. The first-order valence-corrected chi connectivity index (χ1v) is 11.9. The van der Waals surface area contributed by atoms with Gasteiger partial charge in [-0.25, -0.2) is 0 Å². The predicted molar refractivity (Wildman–Crippen MR) is 119 cm³/mol. The number of nitrogens with one attached hydrogen (secondary N) is 2. The summed E-state index contributed by atoms with van der Waals surface area (Å²) in [5.41, 5.74) is 1.31. The fraction of sp³-hybridized carbons (Fsp3) is 0.636. The highest BCUT2D eigenvalue weighted by atomic mass is 32.2. The van der Waals surface area contributed by atoms with Gasteiger partial charge in [0.1, 0.15) is 5.37 Å². The largest absolute Gasteiger partial charge is 0.379 e. The van der Waals surface area contributed by atoms with Crippen molar-refractivity contribution in [2.75, 3.05) is 44.7 Å². The van der Waals surface area contributed by atoms with E-state index in [-0.39, 0.29) is 17.2 Å². The Bertz CT molecular complexity index is 774. The third-order valence-corrected chi connectivity index (χ3v) is 7.72. The summed E-state index contributed by atoms with van der Waals surface area (Å²) in [6, 6.07) is 6.72. The molecule has 0 aromatic heterocycles. The number of nitrogens with zero attached hydrogens (tertiary/aromatic N) is 2. The Kier molecular flexibility index (Phi) is 6.98. The molecule has 0 aliphatic carbocycles. The van der Waals surface area contributed by atoms with Crippen LogP contribution in [0.3, 0.4) is 0 Å². The van der Waals surface area contributed by atoms with Crippen LogP contribution in [-0.2, 0) is 9.53 Å². The Balaban J connectivity index is 1.34. The molecule has 3 unspecified atom stereocenters. The number of likely N-dealkylation sites (tertiary alicyclic amines) is 1. The van der Waals surface area contributed by atoms with Crippen molar-refractivity contribution in [2.24, 2.45) is 0 Å². The molecule has 1 aromatic rings. The van der Waals surface area contributed by atoms with Gasteiger partial charge in [-0.15, -0.1) is 0 Å². The maximum atomic E-state index is 12.7. The lowest BCUT2D eigenvalue weighted by Gasteiger charge is -2.39. The van der Waals surface area contributed by atoms with Crippen LogP contribution in [0.1, 0.15) is 43.5 Å². The zero-order valence-corrected chi connectivity index (χ0v) is 18.7. The van der Waals surface area contributed by atoms with Crippen molar-refractivity contribution in [3.8, 4) is 0 Å². The van der Waals surface area contributed by atoms with Crippen LogP contribution in [0.25, 0.3) is 0 Å². The Morgan fingerprint density at radius 3 is 2.70 bits per heavy atom. The van der Waals surface area contributed by atoms with E-state index < -0.39 is 0 Å². The third-order valence-electron chi connectivity index (χ3n) is 6.37. The lowest BCUT2D eigenvalue weighted by atomic mass is 9.98. The summed E-state index contributed by atoms with van der Waals surface area (Å²) in [6.07, 6.45) is 3.74. The molecule has 3 aliphatic heterocycles. The van der Waals surface area contributed by atoms with E-state index in [2.05, 4.69) is 34.3 Å². The van der Waals surface area contributed by atoms with Gasteiger partial charge in [-0.3, -0.25) is 19.4 Å². The smallest absolute Gasteiger partial charge is 0.252 e. The minimum absolute atomic E-state index is 0.0277. The maximum absolute atomic E-state index is 12.7. The standard InChI is InChI=1S/C22H32N4O3S/c1-15-4-3-5-16(2)26(15)9-8-23-20(27)17-6-7-19-18(14-17)24-21(28)22(30-19)25-10-12-29-13-11-25/h6-7,14-16,22H,3-5,8-13H2,1-2H3,(H,23,27)(H,24,28). The Morgan fingerprint density at radius 1 is 1.23 bits per heavy atom. The van der Waals surface area contributed by atoms with E-state index >= 15 is 0 Å². The van der Waals surface area contributed by atoms with Crippen LogP contribution in [-0.4, -0.2) is 78.5 Å². The molecule has 7 nitrogen and oxygen atoms in total. The van der Waals surface area contributed by atoms with Gasteiger partial charge in [0.25, 0.3) is 11.8 Å². The quantitative estimate of drug-likeness (QED) is 0.744. The number of thioether (sulfide) groups is 1. The highest BCUT2D eigenvalue weighted by Crippen LogP contribution is 2.37. The van der Waals surface area contributed by atoms with Gasteiger partial charge in [-0.2, -0.15) is 0 Å². The summed E-state index contributed by atoms with van der Waals surface area (Å²) in [7, 11) is 0. The van der Waals surface area contributed by atoms with E-state index in [0.29, 0.717) is 37.4 Å². The normalized spacial score (nSPS) is 27.9. The van der Waals surface area contributed by atoms with Crippen LogP contribution in [0.5, 0.6) is 0 Å². The summed E-state index contributed by atoms with van der Waals surface area (Å²) >= 11 is 1.55. The molecule has 2 N–H and O–H groups in total. The molecule has 3 atom stereocenters. The molecule has 4 rings (SSSR count). The summed E-state index contributed by atoms with van der Waals surface area (Å²) in [5.74, 6) is -0.121. The van der Waals surface area contributed by atoms with Crippen molar-refractivity contribution >= 4 is 29.3 Å². The van der Waals surface area contributed by atoms with E-state index in [0.717, 1.165) is 30.2 Å². The Labute approximate surface area is 182 Å². The fourth-order valence-electron chi connectivity index (χ4n) is 4.61. The molecule has 2 fully saturated rings. The lowest BCUT2D eigenvalue weighted by Crippen LogP contribution is -2.48. The van der Waals surface area contributed by atoms with Crippen LogP contribution in [0.2, 0.25) is 0 Å². The monoisotopic (exact) mass is 432 g/mol. The summed E-state index contributed by atoms with van der Waals surface area (Å²) in [4.78, 5) is 30.9. The number of piperidine rings is 1. The van der Waals surface area contributed by atoms with Crippen molar-refractivity contribution in [1.82, 2.24) is 15.1 Å². The second-order valence-electron chi connectivity index (χ2n) is 8.44. The number of morpholine rings is 1. The predicted octanol–water partition coefficient (Wildman–Crippen LogP) is 2.38. The molecular weight excluding hydrogens is 400 g/mol. The van der Waals surface area contributed by atoms with Gasteiger partial charge in [0.15, 0.2) is 0 Å². The molecule has 3 aliphatic rings. The minimum Gasteiger partial charge on any atom is -0.379 e. The fourth-order valence-corrected chi connectivity index (χ4v) is 5.76. The van der Waals surface area contributed by atoms with Crippen LogP contribution in [0, 0.1) is 0 Å². The molecule has 0 bridgehead atoms. The zero-order chi connectivity index (χ0) is 21.1. The van der Waals surface area contributed by atoms with Gasteiger partial charge in [0.2, 0.25) is 0 Å². The Hall–Kier alpha value is -1.61. The number of rotatable bonds is 5. The van der Waals surface area contributed by atoms with E-state index in [9.17, 15) is 9.59 Å². The highest BCUT2D eigenvalue weighted by molar-refractivity contribution is 8.00. The second kappa shape index (κ2) is 9.68. The minimum atomic E-state index is -0.241. The summed E-state index contributed by atoms with van der Waals surface area (Å²) in [6.45, 7) is 8.87. The molecule has 0 radical (unpaired) electrons. The molecule has 1 aromatic carbocycles. The third kappa shape index (κ3) is 4.82. The number of ether oxygens (including phenoxy) is 1. The van der Waals surface area contributed by atoms with Gasteiger partial charge in [-0.1, -0.05) is 18.2 Å². The summed E-state index contributed by atoms with van der Waals surface area (Å²) < 4.78 is 5.39. The molecule has 0 spiro atoms. The van der Waals surface area contributed by atoms with E-state index in [1.54, 1.807) is 17.8 Å². The SMILES string of the molecule is CC1CCCC(C)N1CCNC(=O)c1ccc2c(c1)NC(=O)C(N1CCOCC1)S2. The number of hydrogen-bond donors (Lipinski definition) is 2. The molecule has 3 heterocycles. The maximum Gasteiger partial charge on any atom is 0.252 e. The first-order valence-electron chi connectivity index (χ1n) is 11.0. The average molecular weight is 433 g/mol. The molecular formula is C22H32N4O3S. The van der Waals surface area contributed by atoms with Gasteiger partial charge in [-0.05, 0) is 44.9 Å². The molecule has 2 saturated heterocycles. The number of carbonyl (C=O) groups is 2. The highest BCUT2D eigenvalue weighted by Gasteiger charge is 2.33. The first kappa shape index (κ1) is 21.6. The van der Waals surface area contributed by atoms with Crippen LogP contribution < -0.4 is 10.6 Å². The topological polar surface area (TPSA) is 73.9 Å².